The summed E-state index contributed by atoms with van der Waals surface area (Å²) in [6, 6.07) is 3.45. The van der Waals surface area contributed by atoms with Crippen LogP contribution in [0.15, 0.2) is 24.5 Å². The predicted molar refractivity (Wildman–Crippen MR) is 156 cm³/mol. The van der Waals surface area contributed by atoms with Crippen molar-refractivity contribution in [2.75, 3.05) is 51.9 Å². The van der Waals surface area contributed by atoms with Crippen molar-refractivity contribution in [3.05, 3.63) is 46.0 Å². The smallest absolute Gasteiger partial charge is 0.188 e. The van der Waals surface area contributed by atoms with Crippen LogP contribution in [-0.4, -0.2) is 83.6 Å². The van der Waals surface area contributed by atoms with E-state index in [2.05, 4.69) is 9.97 Å². The summed E-state index contributed by atoms with van der Waals surface area (Å²) in [4.78, 5) is 12.3. The molecule has 10 nitrogen and oxygen atoms in total. The van der Waals surface area contributed by atoms with Crippen LogP contribution in [-0.2, 0) is 11.5 Å². The first-order valence-corrected chi connectivity index (χ1v) is 14.5. The lowest BCUT2D eigenvalue weighted by Crippen LogP contribution is -2.42. The Morgan fingerprint density at radius 3 is 1.57 bits per heavy atom. The van der Waals surface area contributed by atoms with E-state index in [1.54, 1.807) is 62.3 Å². The molecule has 2 rings (SSSR count). The fourth-order valence-electron chi connectivity index (χ4n) is 3.30. The lowest BCUT2D eigenvalue weighted by molar-refractivity contribution is 0.368. The molecular weight excluding hydrogens is 555 g/mol. The Bertz CT molecular complexity index is 955. The van der Waals surface area contributed by atoms with E-state index in [9.17, 15) is 0 Å². The zero-order chi connectivity index (χ0) is 27.2. The molecule has 0 spiro atoms. The molecule has 204 valence electrons. The second-order valence-corrected chi connectivity index (χ2v) is 10.7. The average molecular weight is 590 g/mol. The fourth-order valence-corrected chi connectivity index (χ4v) is 5.78. The maximum atomic E-state index is 7.91. The summed E-state index contributed by atoms with van der Waals surface area (Å²) in [5.74, 6) is 4.02. The van der Waals surface area contributed by atoms with Crippen LogP contribution < -0.4 is 20.9 Å². The van der Waals surface area contributed by atoms with E-state index in [1.807, 2.05) is 9.80 Å². The van der Waals surface area contributed by atoms with Gasteiger partial charge in [-0.25, -0.2) is 0 Å². The monoisotopic (exact) mass is 588 g/mol. The van der Waals surface area contributed by atoms with Gasteiger partial charge in [-0.1, -0.05) is 23.2 Å². The van der Waals surface area contributed by atoms with E-state index in [0.717, 1.165) is 22.9 Å². The molecule has 0 aromatic carbocycles. The van der Waals surface area contributed by atoms with Crippen molar-refractivity contribution < 1.29 is 9.47 Å². The summed E-state index contributed by atoms with van der Waals surface area (Å²) >= 11 is 15.9. The van der Waals surface area contributed by atoms with Crippen molar-refractivity contribution in [2.45, 2.75) is 17.9 Å². The van der Waals surface area contributed by atoms with Crippen molar-refractivity contribution >= 4 is 58.6 Å². The molecular formula is C23H34Cl2N8O2S2. The van der Waals surface area contributed by atoms with Gasteiger partial charge in [-0.05, 0) is 6.42 Å². The zero-order valence-corrected chi connectivity index (χ0v) is 24.2. The quantitative estimate of drug-likeness (QED) is 0.130. The van der Waals surface area contributed by atoms with Gasteiger partial charge in [0.1, 0.15) is 21.5 Å². The first-order chi connectivity index (χ1) is 17.8. The van der Waals surface area contributed by atoms with E-state index in [0.29, 0.717) is 65.6 Å². The Morgan fingerprint density at radius 2 is 1.22 bits per heavy atom. The molecule has 0 radical (unpaired) electrons. The van der Waals surface area contributed by atoms with Gasteiger partial charge in [0.25, 0.3) is 0 Å². The molecule has 37 heavy (non-hydrogen) atoms. The number of nitrogens with zero attached hydrogens (tertiary/aromatic N) is 4. The molecule has 2 heterocycles. The van der Waals surface area contributed by atoms with Gasteiger partial charge in [0.2, 0.25) is 0 Å². The van der Waals surface area contributed by atoms with Crippen molar-refractivity contribution in [3.63, 3.8) is 0 Å². The number of rotatable bonds is 16. The molecule has 0 saturated heterocycles. The maximum absolute atomic E-state index is 7.91. The average Bonchev–Trinajstić information content (AvgIpc) is 2.87. The Morgan fingerprint density at radius 1 is 0.811 bits per heavy atom. The summed E-state index contributed by atoms with van der Waals surface area (Å²) in [6.45, 7) is 2.42. The second-order valence-electron chi connectivity index (χ2n) is 7.75. The van der Waals surface area contributed by atoms with Gasteiger partial charge < -0.3 is 30.7 Å². The summed E-state index contributed by atoms with van der Waals surface area (Å²) in [6.07, 6.45) is 4.06. The van der Waals surface area contributed by atoms with Crippen LogP contribution in [0.5, 0.6) is 11.5 Å². The van der Waals surface area contributed by atoms with Crippen LogP contribution in [0.3, 0.4) is 0 Å². The lowest BCUT2D eigenvalue weighted by atomic mass is 10.3. The van der Waals surface area contributed by atoms with Crippen LogP contribution in [0.1, 0.15) is 17.8 Å². The van der Waals surface area contributed by atoms with Gasteiger partial charge in [-0.15, -0.1) is 0 Å². The third-order valence-corrected chi connectivity index (χ3v) is 8.02. The number of aromatic nitrogens is 2. The largest absolute Gasteiger partial charge is 0.495 e. The van der Waals surface area contributed by atoms with Gasteiger partial charge in [-0.3, -0.25) is 20.8 Å². The number of nitrogens with two attached hydrogens (primary N) is 2. The molecule has 0 saturated carbocycles. The highest BCUT2D eigenvalue weighted by Gasteiger charge is 2.13. The van der Waals surface area contributed by atoms with Crippen LogP contribution in [0.2, 0.25) is 10.0 Å². The van der Waals surface area contributed by atoms with Crippen molar-refractivity contribution in [1.29, 1.82) is 10.8 Å². The first kappa shape index (κ1) is 30.9. The molecule has 2 aromatic rings. The summed E-state index contributed by atoms with van der Waals surface area (Å²) in [7, 11) is 3.15. The Balaban J connectivity index is 1.73. The highest BCUT2D eigenvalue weighted by atomic mass is 35.5. The number of thioether (sulfide) groups is 2. The highest BCUT2D eigenvalue weighted by molar-refractivity contribution is 7.98. The van der Waals surface area contributed by atoms with Crippen molar-refractivity contribution in [3.8, 4) is 11.5 Å². The Kier molecular flexibility index (Phi) is 13.8. The van der Waals surface area contributed by atoms with E-state index in [4.69, 9.17) is 55.0 Å². The number of pyridine rings is 2. The molecule has 0 bridgehead atoms. The minimum absolute atomic E-state index is 0.0192. The van der Waals surface area contributed by atoms with Gasteiger partial charge >= 0.3 is 0 Å². The SMILES string of the molecule is COc1ccnc(CSCCN(CCCN(CCSCc2nccc(OC)c2Cl)C(=N)N)C(=N)N)c1Cl. The number of ether oxygens (including phenoxy) is 2. The Labute approximate surface area is 236 Å². The van der Waals surface area contributed by atoms with E-state index >= 15 is 0 Å². The van der Waals surface area contributed by atoms with E-state index < -0.39 is 0 Å². The summed E-state index contributed by atoms with van der Waals surface area (Å²) in [5.41, 5.74) is 13.1. The molecule has 0 unspecified atom stereocenters. The molecule has 2 aromatic heterocycles. The van der Waals surface area contributed by atoms with Crippen molar-refractivity contribution in [2.24, 2.45) is 11.5 Å². The second kappa shape index (κ2) is 16.5. The Hall–Kier alpha value is -2.28. The molecule has 14 heteroatoms. The standard InChI is InChI=1S/C23H34Cl2N8O2S2/c1-34-18-4-6-30-16(20(18)24)14-36-12-10-32(22(26)27)8-3-9-33(23(28)29)11-13-37-15-17-21(25)19(35-2)5-7-31-17/h4-7H,3,8-15H2,1-2H3,(H3,26,27)(H3,28,29). The third-order valence-electron chi connectivity index (χ3n) is 5.32. The van der Waals surface area contributed by atoms with Crippen LogP contribution >= 0.6 is 46.7 Å². The van der Waals surface area contributed by atoms with Crippen LogP contribution in [0.25, 0.3) is 0 Å². The fraction of sp³-hybridized carbons (Fsp3) is 0.478. The molecule has 0 fully saturated rings. The van der Waals surface area contributed by atoms with Gasteiger partial charge in [0, 0.05) is 73.7 Å². The van der Waals surface area contributed by atoms with Crippen LogP contribution in [0.4, 0.5) is 0 Å². The van der Waals surface area contributed by atoms with Gasteiger partial charge in [-0.2, -0.15) is 23.5 Å². The predicted octanol–water partition coefficient (Wildman–Crippen LogP) is 3.75. The number of halogens is 2. The molecule has 0 aliphatic rings. The zero-order valence-electron chi connectivity index (χ0n) is 21.0. The minimum Gasteiger partial charge on any atom is -0.495 e. The highest BCUT2D eigenvalue weighted by Crippen LogP contribution is 2.29. The number of hydrogen-bond acceptors (Lipinski definition) is 8. The maximum Gasteiger partial charge on any atom is 0.188 e. The van der Waals surface area contributed by atoms with Crippen LogP contribution in [0, 0.1) is 10.8 Å². The molecule has 0 atom stereocenters. The summed E-state index contributed by atoms with van der Waals surface area (Å²) < 4.78 is 10.5. The van der Waals surface area contributed by atoms with Crippen molar-refractivity contribution in [1.82, 2.24) is 19.8 Å². The normalized spacial score (nSPS) is 10.7. The molecule has 0 aliphatic carbocycles. The number of hydrogen-bond donors (Lipinski definition) is 4. The number of guanidine groups is 2. The van der Waals surface area contributed by atoms with E-state index in [1.165, 1.54) is 0 Å². The minimum atomic E-state index is 0.0192. The molecule has 6 N–H and O–H groups in total. The summed E-state index contributed by atoms with van der Waals surface area (Å²) in [5, 5.41) is 16.9. The lowest BCUT2D eigenvalue weighted by Gasteiger charge is -2.26. The molecule has 0 amide bonds. The number of nitrogens with one attached hydrogen (secondary N) is 2. The van der Waals surface area contributed by atoms with E-state index in [-0.39, 0.29) is 11.9 Å². The van der Waals surface area contributed by atoms with Gasteiger partial charge in [0.15, 0.2) is 11.9 Å². The molecule has 0 aliphatic heterocycles. The van der Waals surface area contributed by atoms with Gasteiger partial charge in [0.05, 0.1) is 25.6 Å². The topological polar surface area (TPSA) is 150 Å². The third kappa shape index (κ3) is 10.2. The number of methoxy groups -OCH3 is 2. The first-order valence-electron chi connectivity index (χ1n) is 11.5.